The van der Waals surface area contributed by atoms with Gasteiger partial charge < -0.3 is 9.15 Å². The summed E-state index contributed by atoms with van der Waals surface area (Å²) in [6.45, 7) is 8.68. The first-order valence-corrected chi connectivity index (χ1v) is 12.2. The Kier molecular flexibility index (Phi) is 5.93. The molecule has 1 amide bonds. The first-order chi connectivity index (χ1) is 16.9. The van der Waals surface area contributed by atoms with Crippen molar-refractivity contribution < 1.29 is 13.9 Å². The van der Waals surface area contributed by atoms with Gasteiger partial charge in [0, 0.05) is 5.69 Å². The number of fused-ring (bicyclic) bond motifs is 2. The zero-order chi connectivity index (χ0) is 24.7. The van der Waals surface area contributed by atoms with Crippen LogP contribution in [0.25, 0.3) is 11.0 Å². The minimum atomic E-state index is -0.614. The maximum absolute atomic E-state index is 13.9. The van der Waals surface area contributed by atoms with Crippen LogP contribution in [0.15, 0.2) is 69.9 Å². The molecule has 4 aromatic rings. The second-order valence-corrected chi connectivity index (χ2v) is 9.13. The lowest BCUT2D eigenvalue weighted by Gasteiger charge is -2.25. The molecule has 0 saturated carbocycles. The molecule has 1 unspecified atom stereocenters. The largest absolute Gasteiger partial charge is 0.494 e. The van der Waals surface area contributed by atoms with Crippen LogP contribution >= 0.6 is 0 Å². The van der Waals surface area contributed by atoms with E-state index in [4.69, 9.17) is 9.15 Å². The molecule has 3 aromatic carbocycles. The number of carbonyl (C=O) groups excluding carboxylic acids is 1. The summed E-state index contributed by atoms with van der Waals surface area (Å²) in [5, 5.41) is 0.492. The number of amides is 1. The van der Waals surface area contributed by atoms with E-state index in [1.807, 2.05) is 74.5 Å². The zero-order valence-electron chi connectivity index (χ0n) is 20.6. The van der Waals surface area contributed by atoms with Crippen LogP contribution in [0.4, 0.5) is 5.69 Å². The number of hydrogen-bond donors (Lipinski definition) is 0. The molecule has 1 aliphatic heterocycles. The molecule has 0 radical (unpaired) electrons. The first kappa shape index (κ1) is 22.9. The summed E-state index contributed by atoms with van der Waals surface area (Å²) in [4.78, 5) is 29.4. The highest BCUT2D eigenvalue weighted by molar-refractivity contribution is 6.10. The number of anilines is 1. The van der Waals surface area contributed by atoms with Crippen molar-refractivity contribution in [1.82, 2.24) is 0 Å². The maximum atomic E-state index is 13.9. The van der Waals surface area contributed by atoms with Crippen molar-refractivity contribution in [3.05, 3.63) is 104 Å². The molecule has 1 aromatic heterocycles. The molecule has 5 rings (SSSR count). The highest BCUT2D eigenvalue weighted by Crippen LogP contribution is 2.42. The van der Waals surface area contributed by atoms with E-state index in [9.17, 15) is 9.59 Å². The van der Waals surface area contributed by atoms with E-state index in [0.29, 0.717) is 28.9 Å². The van der Waals surface area contributed by atoms with Crippen LogP contribution in [0.5, 0.6) is 5.75 Å². The third-order valence-electron chi connectivity index (χ3n) is 6.76. The molecule has 0 spiro atoms. The van der Waals surface area contributed by atoms with Gasteiger partial charge in [-0.25, -0.2) is 0 Å². The standard InChI is InChI=1S/C30H29NO4/c1-5-14-34-23-9-7-8-21(17-23)27-26-28(32)24-15-18(3)19(4)16-25(24)35-29(26)30(33)31(27)22-12-10-20(6-2)11-13-22/h7-13,15-17,27H,5-6,14H2,1-4H3. The van der Waals surface area contributed by atoms with Crippen molar-refractivity contribution in [2.24, 2.45) is 0 Å². The van der Waals surface area contributed by atoms with Gasteiger partial charge in [-0.1, -0.05) is 38.1 Å². The van der Waals surface area contributed by atoms with Crippen LogP contribution < -0.4 is 15.1 Å². The average molecular weight is 468 g/mol. The van der Waals surface area contributed by atoms with Gasteiger partial charge in [0.05, 0.1) is 23.6 Å². The molecule has 1 aliphatic rings. The van der Waals surface area contributed by atoms with E-state index in [2.05, 4.69) is 13.8 Å². The number of nitrogens with zero attached hydrogens (tertiary/aromatic N) is 1. The minimum Gasteiger partial charge on any atom is -0.494 e. The van der Waals surface area contributed by atoms with Gasteiger partial charge in [0.15, 0.2) is 5.43 Å². The number of benzene rings is 3. The lowest BCUT2D eigenvalue weighted by atomic mass is 9.97. The van der Waals surface area contributed by atoms with Gasteiger partial charge in [0.25, 0.3) is 5.91 Å². The van der Waals surface area contributed by atoms with Crippen LogP contribution in [0.3, 0.4) is 0 Å². The Balaban J connectivity index is 1.75. The summed E-state index contributed by atoms with van der Waals surface area (Å²) in [5.41, 5.74) is 5.36. The SMILES string of the molecule is CCCOc1cccc(C2c3c(oc4cc(C)c(C)cc4c3=O)C(=O)N2c2ccc(CC)cc2)c1. The Labute approximate surface area is 205 Å². The molecule has 2 heterocycles. The molecule has 5 nitrogen and oxygen atoms in total. The Morgan fingerprint density at radius 1 is 0.943 bits per heavy atom. The summed E-state index contributed by atoms with van der Waals surface area (Å²) in [7, 11) is 0. The second-order valence-electron chi connectivity index (χ2n) is 9.13. The van der Waals surface area contributed by atoms with Crippen LogP contribution in [0.1, 0.15) is 64.7 Å². The Bertz CT molecular complexity index is 1480. The van der Waals surface area contributed by atoms with Crippen LogP contribution in [0.2, 0.25) is 0 Å². The molecule has 1 atom stereocenters. The summed E-state index contributed by atoms with van der Waals surface area (Å²) < 4.78 is 12.0. The third-order valence-corrected chi connectivity index (χ3v) is 6.76. The van der Waals surface area contributed by atoms with E-state index in [1.54, 1.807) is 4.90 Å². The molecule has 0 bridgehead atoms. The van der Waals surface area contributed by atoms with Gasteiger partial charge >= 0.3 is 0 Å². The molecule has 0 aliphatic carbocycles. The summed E-state index contributed by atoms with van der Waals surface area (Å²) >= 11 is 0. The van der Waals surface area contributed by atoms with Gasteiger partial charge in [-0.05, 0) is 85.3 Å². The predicted molar refractivity (Wildman–Crippen MR) is 139 cm³/mol. The highest BCUT2D eigenvalue weighted by Gasteiger charge is 2.43. The van der Waals surface area contributed by atoms with Gasteiger partial charge in [-0.15, -0.1) is 0 Å². The second kappa shape index (κ2) is 9.06. The van der Waals surface area contributed by atoms with Gasteiger partial charge in [-0.3, -0.25) is 14.5 Å². The number of carbonyl (C=O) groups is 1. The molecule has 0 N–H and O–H groups in total. The summed E-state index contributed by atoms with van der Waals surface area (Å²) in [6, 6.07) is 18.6. The van der Waals surface area contributed by atoms with Crippen molar-refractivity contribution in [2.45, 2.75) is 46.6 Å². The first-order valence-electron chi connectivity index (χ1n) is 12.2. The number of aryl methyl sites for hydroxylation is 3. The quantitative estimate of drug-likeness (QED) is 0.324. The third kappa shape index (κ3) is 3.91. The monoisotopic (exact) mass is 467 g/mol. The number of rotatable bonds is 6. The molecule has 35 heavy (non-hydrogen) atoms. The fourth-order valence-electron chi connectivity index (χ4n) is 4.70. The maximum Gasteiger partial charge on any atom is 0.295 e. The van der Waals surface area contributed by atoms with Gasteiger partial charge in [0.1, 0.15) is 11.3 Å². The molecule has 0 fully saturated rings. The minimum absolute atomic E-state index is 0.107. The van der Waals surface area contributed by atoms with E-state index in [0.717, 1.165) is 35.2 Å². The topological polar surface area (TPSA) is 59.8 Å². The van der Waals surface area contributed by atoms with E-state index >= 15 is 0 Å². The molecule has 5 heteroatoms. The average Bonchev–Trinajstić information content (AvgIpc) is 3.16. The van der Waals surface area contributed by atoms with Crippen molar-refractivity contribution >= 4 is 22.6 Å². The van der Waals surface area contributed by atoms with Gasteiger partial charge in [0.2, 0.25) is 5.76 Å². The Morgan fingerprint density at radius 2 is 1.69 bits per heavy atom. The molecular formula is C30H29NO4. The van der Waals surface area contributed by atoms with Crippen molar-refractivity contribution in [2.75, 3.05) is 11.5 Å². The summed E-state index contributed by atoms with van der Waals surface area (Å²) in [5.74, 6) is 0.504. The lowest BCUT2D eigenvalue weighted by Crippen LogP contribution is -2.29. The van der Waals surface area contributed by atoms with Crippen molar-refractivity contribution in [3.63, 3.8) is 0 Å². The predicted octanol–water partition coefficient (Wildman–Crippen LogP) is 6.51. The zero-order valence-corrected chi connectivity index (χ0v) is 20.6. The van der Waals surface area contributed by atoms with E-state index < -0.39 is 6.04 Å². The Hall–Kier alpha value is -3.86. The number of ether oxygens (including phenoxy) is 1. The normalized spacial score (nSPS) is 15.0. The van der Waals surface area contributed by atoms with Crippen molar-refractivity contribution in [3.8, 4) is 5.75 Å². The number of hydrogen-bond acceptors (Lipinski definition) is 4. The molecule has 0 saturated heterocycles. The smallest absolute Gasteiger partial charge is 0.295 e. The molecular weight excluding hydrogens is 438 g/mol. The van der Waals surface area contributed by atoms with Gasteiger partial charge in [-0.2, -0.15) is 0 Å². The fourth-order valence-corrected chi connectivity index (χ4v) is 4.70. The van der Waals surface area contributed by atoms with Crippen molar-refractivity contribution in [1.29, 1.82) is 0 Å². The fraction of sp³-hybridized carbons (Fsp3) is 0.267. The van der Waals surface area contributed by atoms with E-state index in [1.165, 1.54) is 5.56 Å². The Morgan fingerprint density at radius 3 is 2.40 bits per heavy atom. The molecule has 178 valence electrons. The lowest BCUT2D eigenvalue weighted by molar-refractivity contribution is 0.0971. The summed E-state index contributed by atoms with van der Waals surface area (Å²) in [6.07, 6.45) is 1.79. The highest BCUT2D eigenvalue weighted by atomic mass is 16.5. The van der Waals surface area contributed by atoms with Crippen LogP contribution in [-0.2, 0) is 6.42 Å². The van der Waals surface area contributed by atoms with E-state index in [-0.39, 0.29) is 17.1 Å². The van der Waals surface area contributed by atoms with Crippen LogP contribution in [-0.4, -0.2) is 12.5 Å². The van der Waals surface area contributed by atoms with Crippen LogP contribution in [0, 0.1) is 13.8 Å².